The lowest BCUT2D eigenvalue weighted by Crippen LogP contribution is -1.93. The highest BCUT2D eigenvalue weighted by molar-refractivity contribution is 5.37. The van der Waals surface area contributed by atoms with Gasteiger partial charge in [0.05, 0.1) is 0 Å². The zero-order valence-corrected chi connectivity index (χ0v) is 13.3. The molecule has 2 unspecified atom stereocenters. The highest BCUT2D eigenvalue weighted by atomic mass is 14.4. The molecule has 0 N–H and O–H groups in total. The molecule has 21 heavy (non-hydrogen) atoms. The topological polar surface area (TPSA) is 0 Å². The molecule has 110 valence electrons. The predicted octanol–water partition coefficient (Wildman–Crippen LogP) is 5.81. The van der Waals surface area contributed by atoms with Gasteiger partial charge in [-0.2, -0.15) is 0 Å². The minimum absolute atomic E-state index is 0.892. The molecule has 0 spiro atoms. The van der Waals surface area contributed by atoms with Crippen LogP contribution in [0.25, 0.3) is 0 Å². The Bertz CT molecular complexity index is 571. The Hall–Kier alpha value is -1.82. The van der Waals surface area contributed by atoms with Gasteiger partial charge >= 0.3 is 0 Å². The van der Waals surface area contributed by atoms with Crippen LogP contribution in [0.15, 0.2) is 72.9 Å². The maximum absolute atomic E-state index is 3.76. The van der Waals surface area contributed by atoms with Crippen molar-refractivity contribution >= 4 is 0 Å². The molecular weight excluding hydrogens is 252 g/mol. The van der Waals surface area contributed by atoms with E-state index in [0.29, 0.717) is 0 Å². The third kappa shape index (κ3) is 4.07. The Morgan fingerprint density at radius 1 is 1.10 bits per heavy atom. The molecule has 0 saturated heterocycles. The molecule has 1 aromatic carbocycles. The van der Waals surface area contributed by atoms with Gasteiger partial charge in [-0.15, -0.1) is 13.2 Å². The SMILES string of the molecule is C=CCC1=C(C)C2CC2C=C1.C=CCc1ccccc1C. The van der Waals surface area contributed by atoms with Gasteiger partial charge in [0.2, 0.25) is 0 Å². The van der Waals surface area contributed by atoms with Crippen LogP contribution in [0.3, 0.4) is 0 Å². The lowest BCUT2D eigenvalue weighted by atomic mass is 9.97. The molecule has 2 atom stereocenters. The molecule has 1 fully saturated rings. The number of hydrogen-bond donors (Lipinski definition) is 0. The van der Waals surface area contributed by atoms with Crippen molar-refractivity contribution in [3.63, 3.8) is 0 Å². The molecular formula is C21H26. The van der Waals surface area contributed by atoms with Crippen molar-refractivity contribution in [2.75, 3.05) is 0 Å². The van der Waals surface area contributed by atoms with E-state index in [1.54, 1.807) is 5.57 Å². The van der Waals surface area contributed by atoms with Crippen LogP contribution in [0.1, 0.15) is 30.9 Å². The van der Waals surface area contributed by atoms with Crippen molar-refractivity contribution in [2.45, 2.75) is 33.1 Å². The first-order valence-corrected chi connectivity index (χ1v) is 7.81. The number of aryl methyl sites for hydroxylation is 1. The van der Waals surface area contributed by atoms with E-state index in [1.807, 2.05) is 12.2 Å². The maximum atomic E-state index is 3.76. The van der Waals surface area contributed by atoms with E-state index in [9.17, 15) is 0 Å². The third-order valence-corrected chi connectivity index (χ3v) is 4.44. The van der Waals surface area contributed by atoms with Crippen LogP contribution >= 0.6 is 0 Å². The van der Waals surface area contributed by atoms with Gasteiger partial charge in [0, 0.05) is 0 Å². The largest absolute Gasteiger partial charge is 0.103 e. The van der Waals surface area contributed by atoms with Crippen molar-refractivity contribution in [1.29, 1.82) is 0 Å². The quantitative estimate of drug-likeness (QED) is 0.610. The summed E-state index contributed by atoms with van der Waals surface area (Å²) in [4.78, 5) is 0. The van der Waals surface area contributed by atoms with E-state index in [1.165, 1.54) is 23.1 Å². The fraction of sp³-hybridized carbons (Fsp3) is 0.333. The van der Waals surface area contributed by atoms with Crippen molar-refractivity contribution in [1.82, 2.24) is 0 Å². The van der Waals surface area contributed by atoms with Crippen LogP contribution in [0.5, 0.6) is 0 Å². The molecule has 0 bridgehead atoms. The van der Waals surface area contributed by atoms with E-state index in [4.69, 9.17) is 0 Å². The lowest BCUT2D eigenvalue weighted by molar-refractivity contribution is 0.880. The third-order valence-electron chi connectivity index (χ3n) is 4.44. The van der Waals surface area contributed by atoms with Gasteiger partial charge in [-0.25, -0.2) is 0 Å². The Kier molecular flexibility index (Phi) is 5.38. The molecule has 1 aromatic rings. The zero-order valence-electron chi connectivity index (χ0n) is 13.3. The summed E-state index contributed by atoms with van der Waals surface area (Å²) in [6, 6.07) is 8.38. The van der Waals surface area contributed by atoms with E-state index in [0.717, 1.165) is 24.7 Å². The molecule has 2 aliphatic carbocycles. The summed E-state index contributed by atoms with van der Waals surface area (Å²) in [6.07, 6.45) is 12.0. The number of fused-ring (bicyclic) bond motifs is 1. The van der Waals surface area contributed by atoms with Gasteiger partial charge in [-0.1, -0.05) is 54.1 Å². The predicted molar refractivity (Wildman–Crippen MR) is 93.3 cm³/mol. The Balaban J connectivity index is 0.000000155. The molecule has 2 aliphatic rings. The molecule has 0 radical (unpaired) electrons. The Labute approximate surface area is 129 Å². The standard InChI is InChI=1S/C11H14.C10H12/c1-3-4-9-5-6-10-7-11(10)8(9)2;1-3-6-10-8-5-4-7-9(10)2/h3,5-6,10-11H,1,4,7H2,2H3;3-5,7-8H,1,6H2,2H3. The second-order valence-electron chi connectivity index (χ2n) is 5.99. The van der Waals surface area contributed by atoms with Gasteiger partial charge in [-0.05, 0) is 61.6 Å². The number of hydrogen-bond acceptors (Lipinski definition) is 0. The lowest BCUT2D eigenvalue weighted by Gasteiger charge is -2.09. The first kappa shape index (κ1) is 15.6. The van der Waals surface area contributed by atoms with Crippen LogP contribution in [-0.4, -0.2) is 0 Å². The molecule has 0 heterocycles. The van der Waals surface area contributed by atoms with Gasteiger partial charge in [-0.3, -0.25) is 0 Å². The second kappa shape index (κ2) is 7.26. The summed E-state index contributed by atoms with van der Waals surface area (Å²) >= 11 is 0. The summed E-state index contributed by atoms with van der Waals surface area (Å²) in [5.41, 5.74) is 5.83. The summed E-state index contributed by atoms with van der Waals surface area (Å²) in [5.74, 6) is 1.79. The summed E-state index contributed by atoms with van der Waals surface area (Å²) < 4.78 is 0. The van der Waals surface area contributed by atoms with Crippen molar-refractivity contribution in [3.8, 4) is 0 Å². The van der Waals surface area contributed by atoms with Gasteiger partial charge < -0.3 is 0 Å². The zero-order chi connectivity index (χ0) is 15.2. The van der Waals surface area contributed by atoms with Crippen LogP contribution in [0.2, 0.25) is 0 Å². The molecule has 3 rings (SSSR count). The van der Waals surface area contributed by atoms with E-state index in [2.05, 4.69) is 63.4 Å². The van der Waals surface area contributed by atoms with Crippen LogP contribution in [0, 0.1) is 18.8 Å². The summed E-state index contributed by atoms with van der Waals surface area (Å²) in [5, 5.41) is 0. The highest BCUT2D eigenvalue weighted by Crippen LogP contribution is 2.49. The molecule has 1 saturated carbocycles. The summed E-state index contributed by atoms with van der Waals surface area (Å²) in [7, 11) is 0. The summed E-state index contributed by atoms with van der Waals surface area (Å²) in [6.45, 7) is 11.9. The normalized spacial score (nSPS) is 22.0. The van der Waals surface area contributed by atoms with Crippen LogP contribution in [0.4, 0.5) is 0 Å². The monoisotopic (exact) mass is 278 g/mol. The smallest absolute Gasteiger partial charge is 0.00975 e. The minimum Gasteiger partial charge on any atom is -0.103 e. The van der Waals surface area contributed by atoms with Crippen molar-refractivity contribution in [3.05, 3.63) is 84.0 Å². The number of rotatable bonds is 4. The van der Waals surface area contributed by atoms with E-state index >= 15 is 0 Å². The molecule has 0 aliphatic heterocycles. The van der Waals surface area contributed by atoms with Crippen molar-refractivity contribution in [2.24, 2.45) is 11.8 Å². The average molecular weight is 278 g/mol. The first-order valence-electron chi connectivity index (χ1n) is 7.81. The number of benzene rings is 1. The Morgan fingerprint density at radius 3 is 2.48 bits per heavy atom. The maximum Gasteiger partial charge on any atom is -0.00975 e. The van der Waals surface area contributed by atoms with Crippen LogP contribution in [-0.2, 0) is 6.42 Å². The number of allylic oxidation sites excluding steroid dienone is 6. The average Bonchev–Trinajstić information content (AvgIpc) is 3.26. The van der Waals surface area contributed by atoms with E-state index in [-0.39, 0.29) is 0 Å². The molecule has 0 amide bonds. The molecule has 0 aromatic heterocycles. The van der Waals surface area contributed by atoms with Gasteiger partial charge in [0.1, 0.15) is 0 Å². The fourth-order valence-corrected chi connectivity index (χ4v) is 2.91. The molecule has 0 heteroatoms. The highest BCUT2D eigenvalue weighted by Gasteiger charge is 2.38. The van der Waals surface area contributed by atoms with E-state index < -0.39 is 0 Å². The molecule has 0 nitrogen and oxygen atoms in total. The minimum atomic E-state index is 0.892. The van der Waals surface area contributed by atoms with Crippen LogP contribution < -0.4 is 0 Å². The second-order valence-corrected chi connectivity index (χ2v) is 5.99. The van der Waals surface area contributed by atoms with Gasteiger partial charge in [0.25, 0.3) is 0 Å². The van der Waals surface area contributed by atoms with Gasteiger partial charge in [0.15, 0.2) is 0 Å². The fourth-order valence-electron chi connectivity index (χ4n) is 2.91. The van der Waals surface area contributed by atoms with Crippen molar-refractivity contribution < 1.29 is 0 Å². The first-order chi connectivity index (χ1) is 10.2. The Morgan fingerprint density at radius 2 is 1.81 bits per heavy atom.